The van der Waals surface area contributed by atoms with Crippen LogP contribution in [0.15, 0.2) is 48.5 Å². The summed E-state index contributed by atoms with van der Waals surface area (Å²) >= 11 is 0. The molecule has 1 unspecified atom stereocenters. The quantitative estimate of drug-likeness (QED) is 0.777. The van der Waals surface area contributed by atoms with E-state index < -0.39 is 10.1 Å². The number of primary amides is 1. The average Bonchev–Trinajstić information content (AvgIpc) is 2.98. The number of hydrogen-bond donors (Lipinski definition) is 2. The molecule has 3 rings (SSSR count). The lowest BCUT2D eigenvalue weighted by molar-refractivity contribution is -0.119. The molecule has 7 nitrogen and oxygen atoms in total. The molecule has 1 heterocycles. The van der Waals surface area contributed by atoms with Crippen LogP contribution in [0.1, 0.15) is 41.3 Å². The van der Waals surface area contributed by atoms with Crippen molar-refractivity contribution in [2.75, 3.05) is 10.7 Å². The van der Waals surface area contributed by atoms with E-state index in [0.717, 1.165) is 22.4 Å². The summed E-state index contributed by atoms with van der Waals surface area (Å²) in [5.41, 5.74) is 8.79. The highest BCUT2D eigenvalue weighted by molar-refractivity contribution is 7.85. The van der Waals surface area contributed by atoms with Crippen LogP contribution in [0, 0.1) is 0 Å². The Balaban J connectivity index is 0.000000380. The van der Waals surface area contributed by atoms with Crippen molar-refractivity contribution in [1.29, 1.82) is 0 Å². The van der Waals surface area contributed by atoms with Gasteiger partial charge in [-0.15, -0.1) is 0 Å². The van der Waals surface area contributed by atoms with E-state index in [9.17, 15) is 18.0 Å². The van der Waals surface area contributed by atoms with Crippen LogP contribution in [-0.4, -0.2) is 30.5 Å². The summed E-state index contributed by atoms with van der Waals surface area (Å²) in [4.78, 5) is 25.3. The van der Waals surface area contributed by atoms with Crippen LogP contribution in [-0.2, 0) is 21.5 Å². The third-order valence-corrected chi connectivity index (χ3v) is 5.05. The molecule has 2 aromatic carbocycles. The molecular formula is C19H22N2O5S. The van der Waals surface area contributed by atoms with E-state index in [2.05, 4.69) is 0 Å². The van der Waals surface area contributed by atoms with Crippen LogP contribution in [0.3, 0.4) is 0 Å². The number of nitrogens with two attached hydrogens (primary N) is 1. The molecule has 144 valence electrons. The van der Waals surface area contributed by atoms with Gasteiger partial charge in [0.05, 0.1) is 18.2 Å². The zero-order valence-corrected chi connectivity index (χ0v) is 15.9. The second-order valence-corrected chi connectivity index (χ2v) is 7.88. The predicted molar refractivity (Wildman–Crippen MR) is 103 cm³/mol. The van der Waals surface area contributed by atoms with Crippen molar-refractivity contribution in [3.63, 3.8) is 0 Å². The first kappa shape index (κ1) is 20.6. The van der Waals surface area contributed by atoms with Crippen LogP contribution < -0.4 is 10.6 Å². The molecule has 0 spiro atoms. The van der Waals surface area contributed by atoms with E-state index >= 15 is 0 Å². The van der Waals surface area contributed by atoms with Gasteiger partial charge in [0.1, 0.15) is 0 Å². The molecule has 27 heavy (non-hydrogen) atoms. The SMILES string of the molecule is CC(C(N)=O)c1ccc(N2Cc3ccccc3C2=O)cc1.CCS(=O)(=O)O. The molecule has 0 saturated heterocycles. The largest absolute Gasteiger partial charge is 0.369 e. The standard InChI is InChI=1S/C17H16N2O2.C2H6O3S/c1-11(16(18)20)12-6-8-14(9-7-12)19-10-13-4-2-3-5-15(13)17(19)21;1-2-6(3,4)5/h2-9,11H,10H2,1H3,(H2,18,20);2H2,1H3,(H,3,4,5). The third kappa shape index (κ3) is 5.15. The molecule has 8 heteroatoms. The Morgan fingerprint density at radius 2 is 1.74 bits per heavy atom. The van der Waals surface area contributed by atoms with Gasteiger partial charge >= 0.3 is 0 Å². The molecular weight excluding hydrogens is 368 g/mol. The number of fused-ring (bicyclic) bond motifs is 1. The zero-order chi connectivity index (χ0) is 20.2. The van der Waals surface area contributed by atoms with E-state index in [1.807, 2.05) is 48.5 Å². The van der Waals surface area contributed by atoms with Gasteiger partial charge in [-0.3, -0.25) is 14.1 Å². The van der Waals surface area contributed by atoms with Crippen molar-refractivity contribution in [3.05, 3.63) is 65.2 Å². The predicted octanol–water partition coefficient (Wildman–Crippen LogP) is 2.33. The Morgan fingerprint density at radius 3 is 2.22 bits per heavy atom. The third-order valence-electron chi connectivity index (χ3n) is 4.32. The van der Waals surface area contributed by atoms with Crippen molar-refractivity contribution in [1.82, 2.24) is 0 Å². The van der Waals surface area contributed by atoms with Crippen LogP contribution in [0.25, 0.3) is 0 Å². The molecule has 1 aliphatic heterocycles. The van der Waals surface area contributed by atoms with Gasteiger partial charge < -0.3 is 10.6 Å². The number of rotatable bonds is 4. The number of carbonyl (C=O) groups is 2. The summed E-state index contributed by atoms with van der Waals surface area (Å²) in [7, 11) is -3.66. The van der Waals surface area contributed by atoms with E-state index in [1.165, 1.54) is 6.92 Å². The fourth-order valence-electron chi connectivity index (χ4n) is 2.57. The van der Waals surface area contributed by atoms with Gasteiger partial charge in [-0.25, -0.2) is 0 Å². The lowest BCUT2D eigenvalue weighted by atomic mass is 10.0. The van der Waals surface area contributed by atoms with Gasteiger partial charge in [-0.05, 0) is 43.2 Å². The summed E-state index contributed by atoms with van der Waals surface area (Å²) in [6.07, 6.45) is 0. The molecule has 2 amide bonds. The minimum atomic E-state index is -3.66. The second kappa shape index (κ2) is 8.32. The molecule has 0 saturated carbocycles. The van der Waals surface area contributed by atoms with Crippen molar-refractivity contribution >= 4 is 27.6 Å². The zero-order valence-electron chi connectivity index (χ0n) is 15.1. The molecule has 3 N–H and O–H groups in total. The second-order valence-electron chi connectivity index (χ2n) is 6.13. The van der Waals surface area contributed by atoms with Gasteiger partial charge in [0, 0.05) is 11.3 Å². The van der Waals surface area contributed by atoms with E-state index in [0.29, 0.717) is 6.54 Å². The van der Waals surface area contributed by atoms with Crippen molar-refractivity contribution in [2.24, 2.45) is 5.73 Å². The first-order chi connectivity index (χ1) is 12.6. The Bertz CT molecular complexity index is 939. The molecule has 2 aromatic rings. The molecule has 0 radical (unpaired) electrons. The summed E-state index contributed by atoms with van der Waals surface area (Å²) < 4.78 is 26.9. The van der Waals surface area contributed by atoms with Crippen LogP contribution in [0.4, 0.5) is 5.69 Å². The lowest BCUT2D eigenvalue weighted by Gasteiger charge is -2.17. The normalized spacial score (nSPS) is 14.2. The van der Waals surface area contributed by atoms with E-state index in [-0.39, 0.29) is 23.5 Å². The number of anilines is 1. The minimum Gasteiger partial charge on any atom is -0.369 e. The smallest absolute Gasteiger partial charge is 0.264 e. The van der Waals surface area contributed by atoms with E-state index in [4.69, 9.17) is 10.3 Å². The summed E-state index contributed by atoms with van der Waals surface area (Å²) in [6, 6.07) is 15.0. The van der Waals surface area contributed by atoms with Gasteiger partial charge in [0.2, 0.25) is 5.91 Å². The molecule has 1 aliphatic rings. The highest BCUT2D eigenvalue weighted by Crippen LogP contribution is 2.29. The Kier molecular flexibility index (Phi) is 6.35. The Morgan fingerprint density at radius 1 is 1.19 bits per heavy atom. The van der Waals surface area contributed by atoms with Gasteiger partial charge in [0.25, 0.3) is 16.0 Å². The maximum Gasteiger partial charge on any atom is 0.264 e. The number of nitrogens with zero attached hydrogens (tertiary/aromatic N) is 1. The lowest BCUT2D eigenvalue weighted by Crippen LogP contribution is -2.23. The van der Waals surface area contributed by atoms with Gasteiger partial charge in [-0.1, -0.05) is 30.3 Å². The molecule has 1 atom stereocenters. The van der Waals surface area contributed by atoms with Gasteiger partial charge in [0.15, 0.2) is 0 Å². The van der Waals surface area contributed by atoms with Crippen molar-refractivity contribution in [2.45, 2.75) is 26.3 Å². The summed E-state index contributed by atoms with van der Waals surface area (Å²) in [5, 5.41) is 0. The van der Waals surface area contributed by atoms with Gasteiger partial charge in [-0.2, -0.15) is 8.42 Å². The molecule has 0 bridgehead atoms. The van der Waals surface area contributed by atoms with Crippen LogP contribution in [0.2, 0.25) is 0 Å². The Hall–Kier alpha value is -2.71. The number of benzene rings is 2. The summed E-state index contributed by atoms with van der Waals surface area (Å²) in [6.45, 7) is 3.73. The number of amides is 2. The highest BCUT2D eigenvalue weighted by Gasteiger charge is 2.27. The minimum absolute atomic E-state index is 0.0151. The maximum absolute atomic E-state index is 12.4. The Labute approximate surface area is 158 Å². The monoisotopic (exact) mass is 390 g/mol. The van der Waals surface area contributed by atoms with Crippen molar-refractivity contribution in [3.8, 4) is 0 Å². The fourth-order valence-corrected chi connectivity index (χ4v) is 2.57. The molecule has 0 aromatic heterocycles. The first-order valence-corrected chi connectivity index (χ1v) is 9.99. The van der Waals surface area contributed by atoms with Crippen LogP contribution in [0.5, 0.6) is 0 Å². The first-order valence-electron chi connectivity index (χ1n) is 8.38. The number of carbonyl (C=O) groups excluding carboxylic acids is 2. The average molecular weight is 390 g/mol. The summed E-state index contributed by atoms with van der Waals surface area (Å²) in [5.74, 6) is -0.869. The molecule has 0 aliphatic carbocycles. The van der Waals surface area contributed by atoms with E-state index in [1.54, 1.807) is 11.8 Å². The topological polar surface area (TPSA) is 118 Å². The molecule has 0 fully saturated rings. The van der Waals surface area contributed by atoms with Crippen molar-refractivity contribution < 1.29 is 22.6 Å². The fraction of sp³-hybridized carbons (Fsp3) is 0.263. The number of hydrogen-bond acceptors (Lipinski definition) is 4. The highest BCUT2D eigenvalue weighted by atomic mass is 32.2. The van der Waals surface area contributed by atoms with Crippen LogP contribution >= 0.6 is 0 Å². The maximum atomic E-state index is 12.4.